The number of carbonyl (C=O) groups excluding carboxylic acids is 1. The van der Waals surface area contributed by atoms with Crippen molar-refractivity contribution in [2.24, 2.45) is 0 Å². The van der Waals surface area contributed by atoms with Gasteiger partial charge in [-0.3, -0.25) is 14.4 Å². The van der Waals surface area contributed by atoms with Gasteiger partial charge < -0.3 is 0 Å². The minimum Gasteiger partial charge on any atom is -0.299 e. The van der Waals surface area contributed by atoms with Crippen molar-refractivity contribution in [2.45, 2.75) is 23.7 Å². The first kappa shape index (κ1) is 18.7. The first-order chi connectivity index (χ1) is 11.4. The number of thioether (sulfide) groups is 1. The average Bonchev–Trinajstić information content (AvgIpc) is 2.99. The molecule has 0 fully saturated rings. The van der Waals surface area contributed by atoms with Crippen LogP contribution in [-0.2, 0) is 14.8 Å². The Kier molecular flexibility index (Phi) is 6.19. The van der Waals surface area contributed by atoms with Crippen molar-refractivity contribution in [1.82, 2.24) is 10.2 Å². The van der Waals surface area contributed by atoms with Crippen LogP contribution in [0.25, 0.3) is 0 Å². The lowest BCUT2D eigenvalue weighted by Gasteiger charge is -2.29. The molecule has 0 saturated carbocycles. The largest absolute Gasteiger partial charge is 0.299 e. The van der Waals surface area contributed by atoms with E-state index in [9.17, 15) is 13.2 Å². The van der Waals surface area contributed by atoms with Gasteiger partial charge in [0.25, 0.3) is 0 Å². The van der Waals surface area contributed by atoms with E-state index in [0.717, 1.165) is 14.9 Å². The summed E-state index contributed by atoms with van der Waals surface area (Å²) >= 11 is 2.67. The molecule has 10 heteroatoms. The van der Waals surface area contributed by atoms with Gasteiger partial charge in [-0.05, 0) is 24.8 Å². The molecule has 1 aromatic carbocycles. The molecule has 0 aliphatic heterocycles. The van der Waals surface area contributed by atoms with Gasteiger partial charge in [-0.1, -0.05) is 48.2 Å². The van der Waals surface area contributed by atoms with Crippen LogP contribution in [0, 0.1) is 0 Å². The first-order valence-corrected chi connectivity index (χ1v) is 11.0. The van der Waals surface area contributed by atoms with E-state index in [1.165, 1.54) is 23.1 Å². The lowest BCUT2D eigenvalue weighted by Crippen LogP contribution is -2.46. The highest BCUT2D eigenvalue weighted by molar-refractivity contribution is 8.00. The van der Waals surface area contributed by atoms with Crippen molar-refractivity contribution in [1.29, 1.82) is 0 Å². The zero-order chi connectivity index (χ0) is 17.7. The summed E-state index contributed by atoms with van der Waals surface area (Å²) in [6.45, 7) is 1.76. The molecule has 0 radical (unpaired) electrons. The molecule has 0 aliphatic carbocycles. The molecule has 1 unspecified atom stereocenters. The SMILES string of the molecule is CCC(C(=O)Nc1nnc(SC)s1)N(c1ccccc1)S(C)(=O)=O. The summed E-state index contributed by atoms with van der Waals surface area (Å²) in [5.41, 5.74) is 0.448. The molecule has 1 heterocycles. The number of carbonyl (C=O) groups is 1. The van der Waals surface area contributed by atoms with Crippen LogP contribution in [0.3, 0.4) is 0 Å². The Labute approximate surface area is 149 Å². The molecule has 2 aromatic rings. The average molecular weight is 387 g/mol. The topological polar surface area (TPSA) is 92.3 Å². The van der Waals surface area contributed by atoms with Crippen LogP contribution in [0.15, 0.2) is 34.7 Å². The lowest BCUT2D eigenvalue weighted by atomic mass is 10.2. The molecule has 1 amide bonds. The van der Waals surface area contributed by atoms with Gasteiger partial charge >= 0.3 is 0 Å². The molecular formula is C14H18N4O3S3. The van der Waals surface area contributed by atoms with Crippen LogP contribution in [0.5, 0.6) is 0 Å². The van der Waals surface area contributed by atoms with Crippen molar-refractivity contribution >= 4 is 49.8 Å². The highest BCUT2D eigenvalue weighted by Gasteiger charge is 2.31. The van der Waals surface area contributed by atoms with E-state index in [1.807, 2.05) is 6.26 Å². The molecule has 1 aromatic heterocycles. The Bertz CT molecular complexity index is 793. The number of nitrogens with zero attached hydrogens (tertiary/aromatic N) is 3. The minimum atomic E-state index is -3.63. The Hall–Kier alpha value is -1.65. The highest BCUT2D eigenvalue weighted by atomic mass is 32.2. The maximum Gasteiger partial charge on any atom is 0.250 e. The molecule has 0 aliphatic rings. The molecule has 130 valence electrons. The quantitative estimate of drug-likeness (QED) is 0.580. The fourth-order valence-corrected chi connectivity index (χ4v) is 4.55. The predicted molar refractivity (Wildman–Crippen MR) is 98.2 cm³/mol. The number of rotatable bonds is 7. The normalized spacial score (nSPS) is 12.6. The van der Waals surface area contributed by atoms with Gasteiger partial charge in [-0.15, -0.1) is 10.2 Å². The van der Waals surface area contributed by atoms with Crippen LogP contribution in [0.4, 0.5) is 10.8 Å². The fraction of sp³-hybridized carbons (Fsp3) is 0.357. The maximum absolute atomic E-state index is 12.6. The Balaban J connectivity index is 2.30. The van der Waals surface area contributed by atoms with Gasteiger partial charge in [-0.2, -0.15) is 0 Å². The Morgan fingerprint density at radius 1 is 1.33 bits per heavy atom. The summed E-state index contributed by atoms with van der Waals surface area (Å²) in [6.07, 6.45) is 3.27. The third-order valence-corrected chi connectivity index (χ3v) is 6.15. The zero-order valence-corrected chi connectivity index (χ0v) is 15.9. The molecule has 0 spiro atoms. The van der Waals surface area contributed by atoms with Gasteiger partial charge in [0.1, 0.15) is 6.04 Å². The number of hydrogen-bond donors (Lipinski definition) is 1. The van der Waals surface area contributed by atoms with E-state index in [1.54, 1.807) is 37.3 Å². The summed E-state index contributed by atoms with van der Waals surface area (Å²) in [7, 11) is -3.63. The van der Waals surface area contributed by atoms with E-state index in [0.29, 0.717) is 17.2 Å². The van der Waals surface area contributed by atoms with Crippen molar-refractivity contribution in [3.63, 3.8) is 0 Å². The molecular weight excluding hydrogens is 368 g/mol. The monoisotopic (exact) mass is 386 g/mol. The number of nitrogens with one attached hydrogen (secondary N) is 1. The lowest BCUT2D eigenvalue weighted by molar-refractivity contribution is -0.117. The number of anilines is 2. The van der Waals surface area contributed by atoms with Gasteiger partial charge in [-0.25, -0.2) is 8.42 Å². The minimum absolute atomic E-state index is 0.321. The maximum atomic E-state index is 12.6. The van der Waals surface area contributed by atoms with Crippen LogP contribution in [0.2, 0.25) is 0 Å². The van der Waals surface area contributed by atoms with E-state index >= 15 is 0 Å². The molecule has 0 bridgehead atoms. The smallest absolute Gasteiger partial charge is 0.250 e. The molecule has 1 N–H and O–H groups in total. The van der Waals surface area contributed by atoms with Gasteiger partial charge in [0.2, 0.25) is 21.1 Å². The van der Waals surface area contributed by atoms with Crippen LogP contribution in [-0.4, -0.2) is 43.1 Å². The van der Waals surface area contributed by atoms with Crippen LogP contribution < -0.4 is 9.62 Å². The number of aromatic nitrogens is 2. The summed E-state index contributed by atoms with van der Waals surface area (Å²) in [5.74, 6) is -0.435. The van der Waals surface area contributed by atoms with Crippen molar-refractivity contribution in [3.8, 4) is 0 Å². The van der Waals surface area contributed by atoms with Crippen LogP contribution >= 0.6 is 23.1 Å². The van der Waals surface area contributed by atoms with Crippen molar-refractivity contribution in [3.05, 3.63) is 30.3 Å². The third-order valence-electron chi connectivity index (χ3n) is 3.15. The van der Waals surface area contributed by atoms with Gasteiger partial charge in [0, 0.05) is 0 Å². The van der Waals surface area contributed by atoms with E-state index < -0.39 is 22.0 Å². The second-order valence-electron chi connectivity index (χ2n) is 4.88. The zero-order valence-electron chi connectivity index (χ0n) is 13.5. The number of hydrogen-bond acceptors (Lipinski definition) is 7. The highest BCUT2D eigenvalue weighted by Crippen LogP contribution is 2.25. The van der Waals surface area contributed by atoms with Gasteiger partial charge in [0.15, 0.2) is 4.34 Å². The molecule has 7 nitrogen and oxygen atoms in total. The van der Waals surface area contributed by atoms with E-state index in [-0.39, 0.29) is 0 Å². The van der Waals surface area contributed by atoms with Crippen molar-refractivity contribution < 1.29 is 13.2 Å². The fourth-order valence-electron chi connectivity index (χ4n) is 2.17. The number of sulfonamides is 1. The second-order valence-corrected chi connectivity index (χ2v) is 8.78. The number of para-hydroxylation sites is 1. The first-order valence-electron chi connectivity index (χ1n) is 7.09. The number of amides is 1. The number of benzene rings is 1. The van der Waals surface area contributed by atoms with E-state index in [4.69, 9.17) is 0 Å². The molecule has 0 saturated heterocycles. The Morgan fingerprint density at radius 2 is 2.00 bits per heavy atom. The van der Waals surface area contributed by atoms with Crippen molar-refractivity contribution in [2.75, 3.05) is 22.1 Å². The molecule has 1 atom stereocenters. The van der Waals surface area contributed by atoms with E-state index in [2.05, 4.69) is 15.5 Å². The summed E-state index contributed by atoms with van der Waals surface area (Å²) in [4.78, 5) is 12.6. The summed E-state index contributed by atoms with van der Waals surface area (Å²) in [6, 6.07) is 7.70. The van der Waals surface area contributed by atoms with Gasteiger partial charge in [0.05, 0.1) is 11.9 Å². The molecule has 2 rings (SSSR count). The summed E-state index contributed by atoms with van der Waals surface area (Å²) < 4.78 is 26.4. The Morgan fingerprint density at radius 3 is 2.50 bits per heavy atom. The standard InChI is InChI=1S/C14H18N4O3S3/c1-4-11(12(19)15-13-16-17-14(22-2)23-13)18(24(3,20)21)10-8-6-5-7-9-10/h5-9,11H,4H2,1-3H3,(H,15,16,19). The molecule has 24 heavy (non-hydrogen) atoms. The summed E-state index contributed by atoms with van der Waals surface area (Å²) in [5, 5.41) is 10.8. The predicted octanol–water partition coefficient (Wildman–Crippen LogP) is 2.44. The second kappa shape index (κ2) is 7.95. The third kappa shape index (κ3) is 4.46. The van der Waals surface area contributed by atoms with Crippen LogP contribution in [0.1, 0.15) is 13.3 Å².